The first kappa shape index (κ1) is 14.4. The zero-order valence-electron chi connectivity index (χ0n) is 11.6. The average molecular weight is 306 g/mol. The van der Waals surface area contributed by atoms with Crippen LogP contribution in [0.4, 0.5) is 19.0 Å². The molecule has 0 bridgehead atoms. The molecule has 0 saturated carbocycles. The van der Waals surface area contributed by atoms with E-state index in [0.29, 0.717) is 11.2 Å². The fourth-order valence-electron chi connectivity index (χ4n) is 2.24. The first-order chi connectivity index (χ1) is 10.4. The third-order valence-electron chi connectivity index (χ3n) is 3.38. The van der Waals surface area contributed by atoms with E-state index < -0.39 is 11.9 Å². The minimum Gasteiger partial charge on any atom is -0.363 e. The molecule has 2 heterocycles. The van der Waals surface area contributed by atoms with Gasteiger partial charge in [0.05, 0.1) is 5.39 Å². The molecule has 2 N–H and O–H groups in total. The van der Waals surface area contributed by atoms with Crippen LogP contribution in [0.15, 0.2) is 42.7 Å². The molecule has 0 spiro atoms. The first-order valence-electron chi connectivity index (χ1n) is 6.67. The van der Waals surface area contributed by atoms with Gasteiger partial charge in [-0.3, -0.25) is 0 Å². The lowest BCUT2D eigenvalue weighted by molar-refractivity contribution is -0.140. The number of hydrogen-bond acceptors (Lipinski definition) is 3. The van der Waals surface area contributed by atoms with Crippen molar-refractivity contribution in [1.82, 2.24) is 15.0 Å². The number of aromatic amines is 1. The molecule has 0 amide bonds. The van der Waals surface area contributed by atoms with Crippen molar-refractivity contribution < 1.29 is 13.2 Å². The lowest BCUT2D eigenvalue weighted by Gasteiger charge is -2.15. The van der Waals surface area contributed by atoms with Crippen LogP contribution in [0.2, 0.25) is 0 Å². The van der Waals surface area contributed by atoms with Crippen LogP contribution in [0.1, 0.15) is 24.2 Å². The van der Waals surface area contributed by atoms with Crippen LogP contribution in [0.3, 0.4) is 0 Å². The van der Waals surface area contributed by atoms with Gasteiger partial charge in [-0.25, -0.2) is 9.97 Å². The Labute approximate surface area is 124 Å². The molecule has 0 unspecified atom stereocenters. The molecular weight excluding hydrogens is 293 g/mol. The summed E-state index contributed by atoms with van der Waals surface area (Å²) >= 11 is 0. The topological polar surface area (TPSA) is 53.6 Å². The molecular formula is C15H13F3N4. The van der Waals surface area contributed by atoms with Gasteiger partial charge in [0.1, 0.15) is 23.5 Å². The summed E-state index contributed by atoms with van der Waals surface area (Å²) in [5, 5.41) is 3.44. The Morgan fingerprint density at radius 1 is 1.14 bits per heavy atom. The minimum atomic E-state index is -4.44. The molecule has 2 aromatic heterocycles. The number of aromatic nitrogens is 3. The van der Waals surface area contributed by atoms with Crippen LogP contribution in [-0.2, 0) is 6.18 Å². The van der Waals surface area contributed by atoms with Gasteiger partial charge in [0.25, 0.3) is 0 Å². The highest BCUT2D eigenvalue weighted by Gasteiger charge is 2.33. The molecule has 114 valence electrons. The van der Waals surface area contributed by atoms with E-state index in [9.17, 15) is 13.2 Å². The van der Waals surface area contributed by atoms with Gasteiger partial charge in [-0.1, -0.05) is 30.3 Å². The Balaban J connectivity index is 1.96. The van der Waals surface area contributed by atoms with Crippen LogP contribution in [0, 0.1) is 0 Å². The maximum absolute atomic E-state index is 12.8. The molecule has 1 atom stereocenters. The van der Waals surface area contributed by atoms with Crippen molar-refractivity contribution in [1.29, 1.82) is 0 Å². The number of halogens is 3. The van der Waals surface area contributed by atoms with Crippen molar-refractivity contribution in [2.45, 2.75) is 19.1 Å². The molecule has 4 nitrogen and oxygen atoms in total. The van der Waals surface area contributed by atoms with E-state index in [4.69, 9.17) is 0 Å². The van der Waals surface area contributed by atoms with Crippen molar-refractivity contribution in [2.24, 2.45) is 0 Å². The van der Waals surface area contributed by atoms with E-state index in [1.165, 1.54) is 6.33 Å². The quantitative estimate of drug-likeness (QED) is 0.764. The van der Waals surface area contributed by atoms with E-state index in [0.717, 1.165) is 11.6 Å². The third-order valence-corrected chi connectivity index (χ3v) is 3.38. The summed E-state index contributed by atoms with van der Waals surface area (Å²) in [7, 11) is 0. The summed E-state index contributed by atoms with van der Waals surface area (Å²) in [6, 6.07) is 10.5. The number of nitrogens with one attached hydrogen (secondary N) is 2. The van der Waals surface area contributed by atoms with Crippen LogP contribution in [0.5, 0.6) is 0 Å². The molecule has 22 heavy (non-hydrogen) atoms. The number of benzene rings is 1. The second-order valence-electron chi connectivity index (χ2n) is 4.94. The fraction of sp³-hybridized carbons (Fsp3) is 0.200. The number of rotatable bonds is 3. The predicted molar refractivity (Wildman–Crippen MR) is 77.4 cm³/mol. The molecule has 3 rings (SSSR count). The highest BCUT2D eigenvalue weighted by molar-refractivity contribution is 5.87. The molecule has 0 fully saturated rings. The van der Waals surface area contributed by atoms with E-state index >= 15 is 0 Å². The van der Waals surface area contributed by atoms with Gasteiger partial charge >= 0.3 is 6.18 Å². The molecule has 0 saturated heterocycles. The number of hydrogen-bond donors (Lipinski definition) is 2. The molecule has 0 aliphatic heterocycles. The number of anilines is 1. The largest absolute Gasteiger partial charge is 0.431 e. The SMILES string of the molecule is C[C@H](Nc1ncnc2[nH]c(C(F)(F)F)cc12)c1ccccc1. The van der Waals surface area contributed by atoms with Crippen LogP contribution >= 0.6 is 0 Å². The van der Waals surface area contributed by atoms with Gasteiger partial charge in [0.15, 0.2) is 0 Å². The summed E-state index contributed by atoms with van der Waals surface area (Å²) in [4.78, 5) is 10.2. The van der Waals surface area contributed by atoms with Crippen molar-refractivity contribution in [3.63, 3.8) is 0 Å². The molecule has 7 heteroatoms. The number of H-pyrrole nitrogens is 1. The molecule has 0 aliphatic rings. The highest BCUT2D eigenvalue weighted by atomic mass is 19.4. The van der Waals surface area contributed by atoms with Gasteiger partial charge in [-0.05, 0) is 18.6 Å². The van der Waals surface area contributed by atoms with Crippen LogP contribution < -0.4 is 5.32 Å². The second-order valence-corrected chi connectivity index (χ2v) is 4.94. The summed E-state index contributed by atoms with van der Waals surface area (Å²) in [5.41, 5.74) is 0.337. The Kier molecular flexibility index (Phi) is 3.48. The van der Waals surface area contributed by atoms with Crippen molar-refractivity contribution in [3.8, 4) is 0 Å². The van der Waals surface area contributed by atoms with Crippen LogP contribution in [-0.4, -0.2) is 15.0 Å². The van der Waals surface area contributed by atoms with Crippen LogP contribution in [0.25, 0.3) is 11.0 Å². The maximum Gasteiger partial charge on any atom is 0.431 e. The number of alkyl halides is 3. The molecule has 1 aromatic carbocycles. The fourth-order valence-corrected chi connectivity index (χ4v) is 2.24. The lowest BCUT2D eigenvalue weighted by Crippen LogP contribution is -2.08. The normalized spacial score (nSPS) is 13.3. The first-order valence-corrected chi connectivity index (χ1v) is 6.67. The second kappa shape index (κ2) is 5.32. The number of fused-ring (bicyclic) bond motifs is 1. The van der Waals surface area contributed by atoms with Gasteiger partial charge < -0.3 is 10.3 Å². The van der Waals surface area contributed by atoms with Gasteiger partial charge in [-0.15, -0.1) is 0 Å². The Hall–Kier alpha value is -2.57. The summed E-state index contributed by atoms with van der Waals surface area (Å²) < 4.78 is 38.4. The summed E-state index contributed by atoms with van der Waals surface area (Å²) in [5.74, 6) is 0.369. The van der Waals surface area contributed by atoms with Crippen molar-refractivity contribution >= 4 is 16.9 Å². The Morgan fingerprint density at radius 2 is 1.86 bits per heavy atom. The van der Waals surface area contributed by atoms with Gasteiger partial charge in [0.2, 0.25) is 0 Å². The number of nitrogens with zero attached hydrogens (tertiary/aromatic N) is 2. The van der Waals surface area contributed by atoms with Crippen molar-refractivity contribution in [2.75, 3.05) is 5.32 Å². The Morgan fingerprint density at radius 3 is 2.55 bits per heavy atom. The predicted octanol–water partition coefficient (Wildman–Crippen LogP) is 4.15. The van der Waals surface area contributed by atoms with E-state index in [1.54, 1.807) is 0 Å². The lowest BCUT2D eigenvalue weighted by atomic mass is 10.1. The van der Waals surface area contributed by atoms with E-state index in [1.807, 2.05) is 37.3 Å². The van der Waals surface area contributed by atoms with E-state index in [-0.39, 0.29) is 11.7 Å². The molecule has 0 aliphatic carbocycles. The standard InChI is InChI=1S/C15H13F3N4/c1-9(10-5-3-2-4-6-10)21-13-11-7-12(15(16,17)18)22-14(11)20-8-19-13/h2-9H,1H3,(H2,19,20,21,22)/t9-/m0/s1. The molecule has 0 radical (unpaired) electrons. The minimum absolute atomic E-state index is 0.0939. The molecule has 3 aromatic rings. The summed E-state index contributed by atoms with van der Waals surface area (Å²) in [6.07, 6.45) is -3.21. The third kappa shape index (κ3) is 2.74. The maximum atomic E-state index is 12.8. The average Bonchev–Trinajstić information content (AvgIpc) is 2.93. The monoisotopic (exact) mass is 306 g/mol. The van der Waals surface area contributed by atoms with Crippen molar-refractivity contribution in [3.05, 3.63) is 54.0 Å². The smallest absolute Gasteiger partial charge is 0.363 e. The summed E-state index contributed by atoms with van der Waals surface area (Å²) in [6.45, 7) is 1.92. The van der Waals surface area contributed by atoms with Gasteiger partial charge in [-0.2, -0.15) is 13.2 Å². The zero-order chi connectivity index (χ0) is 15.7. The Bertz CT molecular complexity index is 780. The van der Waals surface area contributed by atoms with Gasteiger partial charge in [0, 0.05) is 6.04 Å². The van der Waals surface area contributed by atoms with E-state index in [2.05, 4.69) is 20.3 Å². The zero-order valence-corrected chi connectivity index (χ0v) is 11.6. The highest BCUT2D eigenvalue weighted by Crippen LogP contribution is 2.33.